The number of hydrogen-bond acceptors (Lipinski definition) is 9. The van der Waals surface area contributed by atoms with Gasteiger partial charge in [-0.1, -0.05) is 333 Å². The first-order chi connectivity index (χ1) is 56.1. The van der Waals surface area contributed by atoms with E-state index in [-0.39, 0.29) is 36.2 Å². The quantitative estimate of drug-likeness (QED) is 0.0122. The predicted octanol–water partition coefficient (Wildman–Crippen LogP) is 31.4. The minimum Gasteiger partial charge on any atom is -0.459 e. The maximum atomic E-state index is 12.9. The van der Waals surface area contributed by atoms with E-state index in [2.05, 4.69) is 199 Å². The third-order valence-electron chi connectivity index (χ3n) is 20.8. The highest BCUT2D eigenvalue weighted by molar-refractivity contribution is 7.99. The Kier molecular flexibility index (Phi) is 48.3. The molecular weight excluding hydrogens is 1450 g/mol. The number of hydrogen-bond donors (Lipinski definition) is 0. The standard InChI is InChI=1S/C36H48O2S.C35H46O2S.C34H42O2S/c1-3-5-6-7-8-9-10-14-29-39-35-27-25-32(26-28-35)31-21-23-33(24-22-31)36(37)38-34(16-4-2)20-15-19-30-17-12-11-13-18-30;1-3-5-6-7-8-9-13-28-38-34-26-24-31(25-27-34)30-20-22-32(23-21-30)35(36)37-33(15-4-2)19-14-18-29-16-11-10-12-17-29;1-3-5-6-7-8-12-27-37-33-25-23-30(24-26-33)29-19-21-31(22-20-29)34(35)36-32(14-4-2)18-13-17-28-15-10-9-11-16-28/h11-13,17-18,21-28,34H,3-10,14-16,19-20,29H2,1-2H3;10-12,16-17,20-27,33H,3-9,13-15,18-19,28H2,1-2H3;7-11,15-16,19-26,32H,3-6,12-14,17-18,27H2,1-2H3. The van der Waals surface area contributed by atoms with Crippen LogP contribution in [0.5, 0.6) is 0 Å². The lowest BCUT2D eigenvalue weighted by Crippen LogP contribution is -2.18. The van der Waals surface area contributed by atoms with Crippen molar-refractivity contribution < 1.29 is 28.6 Å². The van der Waals surface area contributed by atoms with Crippen LogP contribution in [-0.4, -0.2) is 53.5 Å². The summed E-state index contributed by atoms with van der Waals surface area (Å²) < 4.78 is 17.7. The molecule has 9 heteroatoms. The van der Waals surface area contributed by atoms with E-state index in [4.69, 9.17) is 14.2 Å². The maximum absolute atomic E-state index is 12.9. The lowest BCUT2D eigenvalue weighted by molar-refractivity contribution is 0.0246. The average molecular weight is 1590 g/mol. The zero-order valence-corrected chi connectivity index (χ0v) is 72.7. The van der Waals surface area contributed by atoms with Crippen LogP contribution in [0.2, 0.25) is 0 Å². The molecular formula is C105H136O6S3. The molecule has 6 nitrogen and oxygen atoms in total. The fourth-order valence-electron chi connectivity index (χ4n) is 14.1. The molecule has 0 N–H and O–H groups in total. The summed E-state index contributed by atoms with van der Waals surface area (Å²) in [4.78, 5) is 42.5. The van der Waals surface area contributed by atoms with Crippen molar-refractivity contribution in [2.75, 3.05) is 17.3 Å². The lowest BCUT2D eigenvalue weighted by Gasteiger charge is -2.17. The molecule has 0 heterocycles. The van der Waals surface area contributed by atoms with Gasteiger partial charge in [0, 0.05) is 20.4 Å². The summed E-state index contributed by atoms with van der Waals surface area (Å²) in [6, 6.07) is 81.4. The van der Waals surface area contributed by atoms with Crippen molar-refractivity contribution in [3.63, 3.8) is 0 Å². The highest BCUT2D eigenvalue weighted by Gasteiger charge is 2.20. The number of thioether (sulfide) groups is 3. The molecule has 9 aromatic rings. The SMILES string of the molecule is CCCCC=CCCSc1ccc(-c2ccc(C(=O)OC(CCC)CCCc3ccccc3)cc2)cc1.CCCCCCCCCCSc1ccc(-c2ccc(C(=O)OC(CCC)CCCc3ccccc3)cc2)cc1.CCCCCCCCCSc1ccc(-c2ccc(C(=O)OC(CCC)CCCc3ccccc3)cc2)cc1. The summed E-state index contributed by atoms with van der Waals surface area (Å²) in [5, 5.41) is 0. The normalized spacial score (nSPS) is 11.9. The lowest BCUT2D eigenvalue weighted by atomic mass is 10.0. The van der Waals surface area contributed by atoms with Gasteiger partial charge in [-0.2, -0.15) is 0 Å². The Morgan fingerprint density at radius 1 is 0.254 bits per heavy atom. The van der Waals surface area contributed by atoms with Gasteiger partial charge in [-0.3, -0.25) is 0 Å². The van der Waals surface area contributed by atoms with Crippen molar-refractivity contribution in [2.45, 2.75) is 293 Å². The summed E-state index contributed by atoms with van der Waals surface area (Å²) in [7, 11) is 0. The molecule has 0 radical (unpaired) electrons. The number of carbonyl (C=O) groups excluding carboxylic acids is 3. The summed E-state index contributed by atoms with van der Waals surface area (Å²) in [6.07, 6.45) is 44.3. The number of benzene rings is 9. The highest BCUT2D eigenvalue weighted by Crippen LogP contribution is 2.31. The molecule has 0 aromatic heterocycles. The van der Waals surface area contributed by atoms with Crippen molar-refractivity contribution in [1.29, 1.82) is 0 Å². The average Bonchev–Trinajstić information content (AvgIpc) is 0.853. The van der Waals surface area contributed by atoms with E-state index < -0.39 is 0 Å². The number of allylic oxidation sites excluding steroid dienone is 2. The third-order valence-corrected chi connectivity index (χ3v) is 24.1. The van der Waals surface area contributed by atoms with Gasteiger partial charge in [0.1, 0.15) is 18.3 Å². The second kappa shape index (κ2) is 58.9. The van der Waals surface area contributed by atoms with Crippen LogP contribution < -0.4 is 0 Å². The maximum Gasteiger partial charge on any atom is 0.338 e. The van der Waals surface area contributed by atoms with Gasteiger partial charge in [0.05, 0.1) is 16.7 Å². The molecule has 3 unspecified atom stereocenters. The largest absolute Gasteiger partial charge is 0.459 e. The van der Waals surface area contributed by atoms with Gasteiger partial charge in [0.2, 0.25) is 0 Å². The molecule has 9 rings (SSSR count). The van der Waals surface area contributed by atoms with E-state index in [0.29, 0.717) is 16.7 Å². The van der Waals surface area contributed by atoms with Gasteiger partial charge in [-0.15, -0.1) is 35.3 Å². The Labute approximate surface area is 702 Å². The van der Waals surface area contributed by atoms with Gasteiger partial charge in [0.15, 0.2) is 0 Å². The molecule has 9 aromatic carbocycles. The van der Waals surface area contributed by atoms with Crippen LogP contribution in [0, 0.1) is 0 Å². The van der Waals surface area contributed by atoms with Crippen LogP contribution in [0.15, 0.2) is 263 Å². The van der Waals surface area contributed by atoms with Gasteiger partial charge in [-0.25, -0.2) is 14.4 Å². The van der Waals surface area contributed by atoms with E-state index in [0.717, 1.165) is 131 Å². The van der Waals surface area contributed by atoms with Crippen molar-refractivity contribution in [3.8, 4) is 33.4 Å². The van der Waals surface area contributed by atoms with E-state index in [1.54, 1.807) is 0 Å². The Balaban J connectivity index is 0.000000237. The van der Waals surface area contributed by atoms with Crippen LogP contribution in [-0.2, 0) is 33.5 Å². The molecule has 0 saturated carbocycles. The number of aryl methyl sites for hydroxylation is 3. The number of carbonyl (C=O) groups is 3. The zero-order valence-electron chi connectivity index (χ0n) is 70.2. The number of esters is 3. The van der Waals surface area contributed by atoms with E-state index in [9.17, 15) is 14.4 Å². The topological polar surface area (TPSA) is 78.9 Å². The molecule has 0 fully saturated rings. The number of unbranched alkanes of at least 4 members (excludes halogenated alkanes) is 15. The second-order valence-electron chi connectivity index (χ2n) is 30.4. The smallest absolute Gasteiger partial charge is 0.338 e. The predicted molar refractivity (Wildman–Crippen MR) is 492 cm³/mol. The van der Waals surface area contributed by atoms with Crippen LogP contribution in [0.3, 0.4) is 0 Å². The van der Waals surface area contributed by atoms with Crippen LogP contribution >= 0.6 is 35.3 Å². The molecule has 114 heavy (non-hydrogen) atoms. The summed E-state index contributed by atoms with van der Waals surface area (Å²) in [5.74, 6) is 2.83. The van der Waals surface area contributed by atoms with Crippen LogP contribution in [0.1, 0.15) is 288 Å². The minimum atomic E-state index is -0.222. The molecule has 0 saturated heterocycles. The number of ether oxygens (including phenoxy) is 3. The first-order valence-electron chi connectivity index (χ1n) is 44.0. The molecule has 0 amide bonds. The Hall–Kier alpha value is -7.82. The number of rotatable bonds is 53. The fraction of sp³-hybridized carbons (Fsp3) is 0.438. The van der Waals surface area contributed by atoms with Gasteiger partial charge in [0.25, 0.3) is 0 Å². The minimum absolute atomic E-state index is 0.0259. The molecule has 0 spiro atoms. The molecule has 0 bridgehead atoms. The Bertz CT molecular complexity index is 3960. The van der Waals surface area contributed by atoms with Gasteiger partial charge >= 0.3 is 17.9 Å². The molecule has 0 aliphatic rings. The molecule has 0 aliphatic heterocycles. The third kappa shape index (κ3) is 38.8. The second-order valence-corrected chi connectivity index (χ2v) is 33.9. The van der Waals surface area contributed by atoms with Crippen molar-refractivity contribution in [2.24, 2.45) is 0 Å². The summed E-state index contributed by atoms with van der Waals surface area (Å²) in [5.41, 5.74) is 12.7. The van der Waals surface area contributed by atoms with E-state index >= 15 is 0 Å². The molecule has 610 valence electrons. The Morgan fingerprint density at radius 2 is 0.509 bits per heavy atom. The van der Waals surface area contributed by atoms with Crippen molar-refractivity contribution in [1.82, 2.24) is 0 Å². The molecule has 3 atom stereocenters. The zero-order chi connectivity index (χ0) is 80.5. The van der Waals surface area contributed by atoms with Gasteiger partial charge in [-0.05, 0) is 237 Å². The first-order valence-corrected chi connectivity index (χ1v) is 46.9. The summed E-state index contributed by atoms with van der Waals surface area (Å²) in [6.45, 7) is 13.2. The fourth-order valence-corrected chi connectivity index (χ4v) is 16.7. The highest BCUT2D eigenvalue weighted by atomic mass is 32.2. The van der Waals surface area contributed by atoms with E-state index in [1.807, 2.05) is 126 Å². The van der Waals surface area contributed by atoms with Crippen LogP contribution in [0.4, 0.5) is 0 Å². The Morgan fingerprint density at radius 3 is 0.789 bits per heavy atom. The van der Waals surface area contributed by atoms with Crippen LogP contribution in [0.25, 0.3) is 33.4 Å². The van der Waals surface area contributed by atoms with E-state index in [1.165, 1.54) is 170 Å². The summed E-state index contributed by atoms with van der Waals surface area (Å²) >= 11 is 5.80. The van der Waals surface area contributed by atoms with Gasteiger partial charge < -0.3 is 14.2 Å². The van der Waals surface area contributed by atoms with Crippen molar-refractivity contribution in [3.05, 3.63) is 282 Å². The monoisotopic (exact) mass is 1590 g/mol. The molecule has 0 aliphatic carbocycles. The van der Waals surface area contributed by atoms with Crippen molar-refractivity contribution >= 4 is 53.2 Å². The first kappa shape index (κ1) is 93.3.